The minimum absolute atomic E-state index is 0.786. The van der Waals surface area contributed by atoms with Crippen molar-refractivity contribution in [2.24, 2.45) is 0 Å². The van der Waals surface area contributed by atoms with Crippen molar-refractivity contribution in [2.75, 3.05) is 0 Å². The number of imidazole rings is 2. The van der Waals surface area contributed by atoms with Gasteiger partial charge >= 0.3 is 0 Å². The van der Waals surface area contributed by atoms with Gasteiger partial charge in [-0.2, -0.15) is 0 Å². The summed E-state index contributed by atoms with van der Waals surface area (Å²) in [5.74, 6) is 0.786. The summed E-state index contributed by atoms with van der Waals surface area (Å²) < 4.78 is 2.07. The van der Waals surface area contributed by atoms with Gasteiger partial charge < -0.3 is 4.98 Å². The number of nitrogens with zero attached hydrogens (tertiary/aromatic N) is 2. The number of aromatic amines is 1. The molecule has 0 saturated heterocycles. The highest BCUT2D eigenvalue weighted by Gasteiger charge is 2.14. The molecule has 0 aromatic carbocycles. The lowest BCUT2D eigenvalue weighted by molar-refractivity contribution is 1.16. The fourth-order valence-corrected chi connectivity index (χ4v) is 2.10. The Hall–Kier alpha value is -2.55. The molecule has 0 aliphatic rings. The van der Waals surface area contributed by atoms with Crippen LogP contribution in [0, 0.1) is 0 Å². The molecule has 1 N–H and O–H groups in total. The molecule has 0 unspecified atom stereocenters. The quantitative estimate of drug-likeness (QED) is 0.762. The van der Waals surface area contributed by atoms with Crippen molar-refractivity contribution >= 4 is 30.1 Å². The predicted octanol–water partition coefficient (Wildman–Crippen LogP) is 4.57. The fraction of sp³-hybridized carbons (Fsp3) is 0.118. The summed E-state index contributed by atoms with van der Waals surface area (Å²) in [6.45, 7) is 13.5. The lowest BCUT2D eigenvalue weighted by Crippen LogP contribution is -1.90. The molecule has 2 rings (SSSR count). The van der Waals surface area contributed by atoms with Gasteiger partial charge in [0.15, 0.2) is 0 Å². The van der Waals surface area contributed by atoms with Gasteiger partial charge in [0, 0.05) is 0 Å². The van der Waals surface area contributed by atoms with Gasteiger partial charge in [-0.25, -0.2) is 4.98 Å². The van der Waals surface area contributed by atoms with Crippen LogP contribution in [0.15, 0.2) is 38.0 Å². The molecule has 2 heterocycles. The number of nitrogens with one attached hydrogen (secondary N) is 1. The highest BCUT2D eigenvalue weighted by Crippen LogP contribution is 2.22. The molecule has 0 amide bonds. The first-order valence-corrected chi connectivity index (χ1v) is 6.61. The Morgan fingerprint density at radius 1 is 1.15 bits per heavy atom. The molecule has 20 heavy (non-hydrogen) atoms. The van der Waals surface area contributed by atoms with Crippen molar-refractivity contribution in [2.45, 2.75) is 13.3 Å². The van der Waals surface area contributed by atoms with Crippen LogP contribution in [-0.2, 0) is 0 Å². The van der Waals surface area contributed by atoms with E-state index in [1.165, 1.54) is 0 Å². The number of H-pyrrole nitrogens is 1. The molecule has 2 aromatic rings. The largest absolute Gasteiger partial charge is 0.323 e. The van der Waals surface area contributed by atoms with E-state index in [4.69, 9.17) is 0 Å². The van der Waals surface area contributed by atoms with E-state index in [-0.39, 0.29) is 0 Å². The molecule has 2 aromatic heterocycles. The molecule has 0 spiro atoms. The molecular formula is C17H19N3. The average Bonchev–Trinajstić information content (AvgIpc) is 2.98. The van der Waals surface area contributed by atoms with Gasteiger partial charge in [-0.05, 0) is 30.7 Å². The van der Waals surface area contributed by atoms with Crippen molar-refractivity contribution in [3.05, 3.63) is 60.7 Å². The first-order chi connectivity index (χ1) is 9.76. The number of fused-ring (bicyclic) bond motifs is 1. The third-order valence-corrected chi connectivity index (χ3v) is 3.00. The Morgan fingerprint density at radius 2 is 1.95 bits per heavy atom. The van der Waals surface area contributed by atoms with Crippen molar-refractivity contribution < 1.29 is 0 Å². The van der Waals surface area contributed by atoms with Gasteiger partial charge in [0.25, 0.3) is 0 Å². The minimum Gasteiger partial charge on any atom is -0.323 e. The average molecular weight is 265 g/mol. The molecule has 0 radical (unpaired) electrons. The van der Waals surface area contributed by atoms with Crippen LogP contribution in [0.2, 0.25) is 0 Å². The van der Waals surface area contributed by atoms with Crippen LogP contribution >= 0.6 is 0 Å². The Labute approximate surface area is 119 Å². The van der Waals surface area contributed by atoms with E-state index >= 15 is 0 Å². The summed E-state index contributed by atoms with van der Waals surface area (Å²) in [5.41, 5.74) is 3.83. The molecule has 0 atom stereocenters. The first-order valence-electron chi connectivity index (χ1n) is 6.61. The van der Waals surface area contributed by atoms with Crippen LogP contribution in [0.1, 0.15) is 36.1 Å². The second kappa shape index (κ2) is 6.06. The number of rotatable bonds is 6. The SMILES string of the molecule is C=C/C=C\c1c(C=C)[nH]c2nc(C=C)c(/C=C\CC)n12. The summed E-state index contributed by atoms with van der Waals surface area (Å²) in [5, 5.41) is 0. The molecule has 0 aliphatic heterocycles. The van der Waals surface area contributed by atoms with Crippen molar-refractivity contribution in [3.8, 4) is 0 Å². The fourth-order valence-electron chi connectivity index (χ4n) is 2.10. The summed E-state index contributed by atoms with van der Waals surface area (Å²) in [7, 11) is 0. The zero-order valence-corrected chi connectivity index (χ0v) is 11.8. The highest BCUT2D eigenvalue weighted by atomic mass is 15.1. The van der Waals surface area contributed by atoms with E-state index in [2.05, 4.69) is 53.2 Å². The van der Waals surface area contributed by atoms with Gasteiger partial charge in [-0.15, -0.1) is 0 Å². The van der Waals surface area contributed by atoms with Crippen LogP contribution in [0.25, 0.3) is 30.1 Å². The number of aromatic nitrogens is 3. The van der Waals surface area contributed by atoms with E-state index in [0.717, 1.165) is 35.0 Å². The third-order valence-electron chi connectivity index (χ3n) is 3.00. The van der Waals surface area contributed by atoms with E-state index in [0.29, 0.717) is 0 Å². The summed E-state index contributed by atoms with van der Waals surface area (Å²) in [6.07, 6.45) is 14.4. The zero-order chi connectivity index (χ0) is 14.5. The second-order valence-corrected chi connectivity index (χ2v) is 4.28. The van der Waals surface area contributed by atoms with Crippen LogP contribution in [0.3, 0.4) is 0 Å². The first kappa shape index (κ1) is 13.9. The van der Waals surface area contributed by atoms with Gasteiger partial charge in [0.2, 0.25) is 5.78 Å². The Kier molecular flexibility index (Phi) is 4.20. The Morgan fingerprint density at radius 3 is 2.55 bits per heavy atom. The lowest BCUT2D eigenvalue weighted by Gasteiger charge is -1.99. The Balaban J connectivity index is 2.78. The van der Waals surface area contributed by atoms with E-state index in [9.17, 15) is 0 Å². The maximum Gasteiger partial charge on any atom is 0.213 e. The molecule has 3 heteroatoms. The van der Waals surface area contributed by atoms with Crippen LogP contribution in [-0.4, -0.2) is 14.4 Å². The van der Waals surface area contributed by atoms with Crippen LogP contribution < -0.4 is 0 Å². The molecule has 3 nitrogen and oxygen atoms in total. The monoisotopic (exact) mass is 265 g/mol. The van der Waals surface area contributed by atoms with Crippen molar-refractivity contribution in [1.82, 2.24) is 14.4 Å². The zero-order valence-electron chi connectivity index (χ0n) is 11.8. The number of hydrogen-bond acceptors (Lipinski definition) is 1. The molecule has 0 bridgehead atoms. The van der Waals surface area contributed by atoms with Crippen LogP contribution in [0.5, 0.6) is 0 Å². The molecule has 102 valence electrons. The topological polar surface area (TPSA) is 33.1 Å². The summed E-state index contributed by atoms with van der Waals surface area (Å²) in [6, 6.07) is 0. The molecule has 0 fully saturated rings. The summed E-state index contributed by atoms with van der Waals surface area (Å²) >= 11 is 0. The number of allylic oxidation sites excluding steroid dienone is 3. The van der Waals surface area contributed by atoms with Gasteiger partial charge in [0.1, 0.15) is 0 Å². The molecular weight excluding hydrogens is 246 g/mol. The second-order valence-electron chi connectivity index (χ2n) is 4.28. The maximum atomic E-state index is 4.55. The molecule has 0 aliphatic carbocycles. The minimum atomic E-state index is 0.786. The summed E-state index contributed by atoms with van der Waals surface area (Å²) in [4.78, 5) is 7.81. The van der Waals surface area contributed by atoms with E-state index in [1.54, 1.807) is 18.2 Å². The van der Waals surface area contributed by atoms with Gasteiger partial charge in [-0.1, -0.05) is 44.9 Å². The third kappa shape index (κ3) is 2.30. The normalized spacial score (nSPS) is 11.7. The maximum absolute atomic E-state index is 4.55. The van der Waals surface area contributed by atoms with Crippen molar-refractivity contribution in [1.29, 1.82) is 0 Å². The van der Waals surface area contributed by atoms with Crippen molar-refractivity contribution in [3.63, 3.8) is 0 Å². The van der Waals surface area contributed by atoms with E-state index < -0.39 is 0 Å². The van der Waals surface area contributed by atoms with Gasteiger partial charge in [0.05, 0.1) is 22.8 Å². The predicted molar refractivity (Wildman–Crippen MR) is 88.3 cm³/mol. The van der Waals surface area contributed by atoms with Crippen LogP contribution in [0.4, 0.5) is 0 Å². The smallest absolute Gasteiger partial charge is 0.213 e. The standard InChI is InChI=1S/C17H19N3/c1-5-9-11-15-13(7-3)18-17-19-14(8-4)16(20(15)17)12-10-6-2/h5,7-12H,1,3-4,6H2,2H3,(H,18,19)/b11-9-,12-10-. The Bertz CT molecular complexity index is 708. The number of hydrogen-bond donors (Lipinski definition) is 1. The lowest BCUT2D eigenvalue weighted by atomic mass is 10.2. The highest BCUT2D eigenvalue weighted by molar-refractivity contribution is 5.70. The molecule has 0 saturated carbocycles. The van der Waals surface area contributed by atoms with Gasteiger partial charge in [-0.3, -0.25) is 4.40 Å². The van der Waals surface area contributed by atoms with E-state index in [1.807, 2.05) is 12.2 Å².